The molecular formula is C8H11N5O3S. The SMILES string of the molecule is O=C(Nc1nnns1)N[C@H]1CC[C@@H](C(=O)O)C1. The average molecular weight is 257 g/mol. The molecule has 1 fully saturated rings. The van der Waals surface area contributed by atoms with E-state index in [-0.39, 0.29) is 12.0 Å². The number of hydrogen-bond donors (Lipinski definition) is 3. The van der Waals surface area contributed by atoms with Gasteiger partial charge in [-0.15, -0.1) is 0 Å². The molecule has 0 spiro atoms. The molecule has 1 aliphatic rings. The van der Waals surface area contributed by atoms with Gasteiger partial charge in [-0.1, -0.05) is 9.59 Å². The quantitative estimate of drug-likeness (QED) is 0.717. The molecule has 2 amide bonds. The fourth-order valence-corrected chi connectivity index (χ4v) is 2.20. The average Bonchev–Trinajstić information content (AvgIpc) is 2.88. The van der Waals surface area contributed by atoms with Gasteiger partial charge in [-0.3, -0.25) is 10.1 Å². The molecule has 0 aromatic carbocycles. The van der Waals surface area contributed by atoms with E-state index in [4.69, 9.17) is 5.11 Å². The Morgan fingerprint density at radius 2 is 2.24 bits per heavy atom. The van der Waals surface area contributed by atoms with E-state index in [0.717, 1.165) is 11.5 Å². The molecule has 0 radical (unpaired) electrons. The second-order valence-corrected chi connectivity index (χ2v) is 4.54. The van der Waals surface area contributed by atoms with E-state index in [1.807, 2.05) is 0 Å². The zero-order valence-electron chi connectivity index (χ0n) is 8.79. The third-order valence-electron chi connectivity index (χ3n) is 2.64. The molecule has 1 saturated carbocycles. The number of urea groups is 1. The topological polar surface area (TPSA) is 117 Å². The molecule has 9 heteroatoms. The highest BCUT2D eigenvalue weighted by molar-refractivity contribution is 7.09. The number of nitrogens with one attached hydrogen (secondary N) is 2. The first-order chi connectivity index (χ1) is 8.15. The predicted molar refractivity (Wildman–Crippen MR) is 58.6 cm³/mol. The van der Waals surface area contributed by atoms with Crippen molar-refractivity contribution in [1.82, 2.24) is 20.1 Å². The van der Waals surface area contributed by atoms with Crippen LogP contribution in [0.25, 0.3) is 0 Å². The van der Waals surface area contributed by atoms with Crippen molar-refractivity contribution in [3.63, 3.8) is 0 Å². The lowest BCUT2D eigenvalue weighted by atomic mass is 10.1. The van der Waals surface area contributed by atoms with Gasteiger partial charge < -0.3 is 10.4 Å². The molecule has 0 aliphatic heterocycles. The molecule has 1 aromatic heterocycles. The summed E-state index contributed by atoms with van der Waals surface area (Å²) in [5, 5.41) is 21.2. The van der Waals surface area contributed by atoms with Crippen LogP contribution in [0.2, 0.25) is 0 Å². The minimum Gasteiger partial charge on any atom is -0.481 e. The van der Waals surface area contributed by atoms with Crippen LogP contribution < -0.4 is 10.6 Å². The molecule has 17 heavy (non-hydrogen) atoms. The van der Waals surface area contributed by atoms with Gasteiger partial charge in [0, 0.05) is 17.6 Å². The fraction of sp³-hybridized carbons (Fsp3) is 0.625. The number of carbonyl (C=O) groups excluding carboxylic acids is 1. The van der Waals surface area contributed by atoms with Crippen molar-refractivity contribution in [3.8, 4) is 0 Å². The molecule has 1 aliphatic carbocycles. The van der Waals surface area contributed by atoms with E-state index >= 15 is 0 Å². The molecule has 1 aromatic rings. The summed E-state index contributed by atoms with van der Waals surface area (Å²) in [5.74, 6) is -1.16. The molecule has 1 heterocycles. The lowest BCUT2D eigenvalue weighted by Gasteiger charge is -2.11. The Morgan fingerprint density at radius 3 is 2.82 bits per heavy atom. The maximum atomic E-state index is 11.5. The van der Waals surface area contributed by atoms with E-state index in [0.29, 0.717) is 24.4 Å². The van der Waals surface area contributed by atoms with Crippen LogP contribution in [0.1, 0.15) is 19.3 Å². The highest BCUT2D eigenvalue weighted by atomic mass is 32.1. The first kappa shape index (κ1) is 11.7. The van der Waals surface area contributed by atoms with Gasteiger partial charge in [-0.05, 0) is 24.5 Å². The van der Waals surface area contributed by atoms with Crippen molar-refractivity contribution in [2.75, 3.05) is 5.32 Å². The number of carboxylic acid groups (broad SMARTS) is 1. The molecular weight excluding hydrogens is 246 g/mol. The number of aliphatic carboxylic acids is 1. The smallest absolute Gasteiger partial charge is 0.321 e. The Balaban J connectivity index is 1.78. The number of hydrogen-bond acceptors (Lipinski definition) is 6. The normalized spacial score (nSPS) is 23.3. The molecule has 8 nitrogen and oxygen atoms in total. The molecule has 0 saturated heterocycles. The van der Waals surface area contributed by atoms with Crippen molar-refractivity contribution >= 4 is 28.7 Å². The summed E-state index contributed by atoms with van der Waals surface area (Å²) in [7, 11) is 0. The van der Waals surface area contributed by atoms with E-state index < -0.39 is 12.0 Å². The number of aromatic nitrogens is 3. The van der Waals surface area contributed by atoms with Crippen molar-refractivity contribution in [3.05, 3.63) is 0 Å². The van der Waals surface area contributed by atoms with Crippen molar-refractivity contribution in [2.24, 2.45) is 5.92 Å². The van der Waals surface area contributed by atoms with Crippen LogP contribution in [-0.4, -0.2) is 37.9 Å². The number of carboxylic acids is 1. The summed E-state index contributed by atoms with van der Waals surface area (Å²) in [4.78, 5) is 22.2. The fourth-order valence-electron chi connectivity index (χ4n) is 1.84. The summed E-state index contributed by atoms with van der Waals surface area (Å²) in [5.41, 5.74) is 0. The van der Waals surface area contributed by atoms with Gasteiger partial charge in [0.2, 0.25) is 5.13 Å². The van der Waals surface area contributed by atoms with Crippen molar-refractivity contribution in [1.29, 1.82) is 0 Å². The van der Waals surface area contributed by atoms with Crippen LogP contribution in [0.15, 0.2) is 0 Å². The highest BCUT2D eigenvalue weighted by Gasteiger charge is 2.30. The van der Waals surface area contributed by atoms with Crippen LogP contribution in [0, 0.1) is 5.92 Å². The molecule has 92 valence electrons. The van der Waals surface area contributed by atoms with Crippen molar-refractivity contribution < 1.29 is 14.7 Å². The Bertz CT molecular complexity index is 409. The third kappa shape index (κ3) is 3.09. The lowest BCUT2D eigenvalue weighted by Crippen LogP contribution is -2.36. The molecule has 3 N–H and O–H groups in total. The van der Waals surface area contributed by atoms with Crippen molar-refractivity contribution in [2.45, 2.75) is 25.3 Å². The first-order valence-corrected chi connectivity index (χ1v) is 5.88. The Kier molecular flexibility index (Phi) is 3.47. The second-order valence-electron chi connectivity index (χ2n) is 3.81. The van der Waals surface area contributed by atoms with Crippen LogP contribution in [0.3, 0.4) is 0 Å². The number of rotatable bonds is 3. The Hall–Kier alpha value is -1.77. The van der Waals surface area contributed by atoms with Gasteiger partial charge in [-0.2, -0.15) is 0 Å². The maximum absolute atomic E-state index is 11.5. The van der Waals surface area contributed by atoms with Gasteiger partial charge in [0.15, 0.2) is 0 Å². The number of anilines is 1. The van der Waals surface area contributed by atoms with Crippen LogP contribution in [-0.2, 0) is 4.79 Å². The zero-order valence-corrected chi connectivity index (χ0v) is 9.61. The van der Waals surface area contributed by atoms with Gasteiger partial charge >= 0.3 is 12.0 Å². The van der Waals surface area contributed by atoms with Gasteiger partial charge in [0.1, 0.15) is 0 Å². The maximum Gasteiger partial charge on any atom is 0.321 e. The Labute approximate surface area is 101 Å². The van der Waals surface area contributed by atoms with Gasteiger partial charge in [-0.25, -0.2) is 4.79 Å². The number of amides is 2. The monoisotopic (exact) mass is 257 g/mol. The summed E-state index contributed by atoms with van der Waals surface area (Å²) in [6.45, 7) is 0. The minimum atomic E-state index is -0.803. The van der Waals surface area contributed by atoms with Crippen LogP contribution in [0.4, 0.5) is 9.93 Å². The molecule has 2 rings (SSSR count). The Morgan fingerprint density at radius 1 is 1.41 bits per heavy atom. The standard InChI is InChI=1S/C8H11N5O3S/c14-6(15)4-1-2-5(3-4)9-7(16)10-8-11-12-13-17-8/h4-5H,1-3H2,(H,14,15)(H2,9,10,11,13,16)/t4-,5+/m1/s1. The van der Waals surface area contributed by atoms with E-state index in [2.05, 4.69) is 25.4 Å². The summed E-state index contributed by atoms with van der Waals surface area (Å²) in [6.07, 6.45) is 1.75. The predicted octanol–water partition coefficient (Wildman–Crippen LogP) is 0.308. The first-order valence-electron chi connectivity index (χ1n) is 5.10. The second kappa shape index (κ2) is 5.04. The van der Waals surface area contributed by atoms with E-state index in [9.17, 15) is 9.59 Å². The third-order valence-corrected chi connectivity index (χ3v) is 3.15. The summed E-state index contributed by atoms with van der Waals surface area (Å²) >= 11 is 0.976. The number of carbonyl (C=O) groups is 2. The van der Waals surface area contributed by atoms with E-state index in [1.165, 1.54) is 0 Å². The zero-order chi connectivity index (χ0) is 12.3. The molecule has 0 unspecified atom stereocenters. The van der Waals surface area contributed by atoms with Crippen LogP contribution in [0.5, 0.6) is 0 Å². The summed E-state index contributed by atoms with van der Waals surface area (Å²) in [6, 6.07) is -0.503. The number of nitrogens with zero attached hydrogens (tertiary/aromatic N) is 3. The lowest BCUT2D eigenvalue weighted by molar-refractivity contribution is -0.141. The minimum absolute atomic E-state index is 0.100. The molecule has 0 bridgehead atoms. The van der Waals surface area contributed by atoms with Gasteiger partial charge in [0.25, 0.3) is 0 Å². The largest absolute Gasteiger partial charge is 0.481 e. The molecule has 2 atom stereocenters. The summed E-state index contributed by atoms with van der Waals surface area (Å²) < 4.78 is 3.50. The van der Waals surface area contributed by atoms with E-state index in [1.54, 1.807) is 0 Å². The van der Waals surface area contributed by atoms with Gasteiger partial charge in [0.05, 0.1) is 5.92 Å². The van der Waals surface area contributed by atoms with Crippen LogP contribution >= 0.6 is 11.5 Å². The highest BCUT2D eigenvalue weighted by Crippen LogP contribution is 2.25.